The van der Waals surface area contributed by atoms with E-state index in [1.165, 1.54) is 12.1 Å². The van der Waals surface area contributed by atoms with E-state index in [0.717, 1.165) is 4.31 Å². The van der Waals surface area contributed by atoms with E-state index in [4.69, 9.17) is 4.74 Å². The maximum absolute atomic E-state index is 13.2. The molecule has 3 rings (SSSR count). The Kier molecular flexibility index (Phi) is 6.51. The molecule has 0 saturated heterocycles. The number of anilines is 2. The number of carbonyl (C=O) groups is 1. The molecule has 0 fully saturated rings. The van der Waals surface area contributed by atoms with E-state index in [2.05, 4.69) is 5.32 Å². The summed E-state index contributed by atoms with van der Waals surface area (Å²) < 4.78 is 32.9. The summed E-state index contributed by atoms with van der Waals surface area (Å²) in [5.74, 6) is 0.170. The zero-order chi connectivity index (χ0) is 20.7. The molecule has 0 aliphatic carbocycles. The lowest BCUT2D eigenvalue weighted by atomic mass is 10.3. The number of amides is 1. The summed E-state index contributed by atoms with van der Waals surface area (Å²) in [6.07, 6.45) is 0. The van der Waals surface area contributed by atoms with Gasteiger partial charge in [0.2, 0.25) is 5.91 Å². The van der Waals surface area contributed by atoms with Crippen LogP contribution in [0.1, 0.15) is 6.92 Å². The van der Waals surface area contributed by atoms with E-state index in [1.54, 1.807) is 72.8 Å². The number of rotatable bonds is 8. The summed E-state index contributed by atoms with van der Waals surface area (Å²) in [5.41, 5.74) is 0.945. The third kappa shape index (κ3) is 5.14. The van der Waals surface area contributed by atoms with Crippen molar-refractivity contribution in [2.75, 3.05) is 22.8 Å². The molecular weight excluding hydrogens is 388 g/mol. The fourth-order valence-electron chi connectivity index (χ4n) is 2.79. The number of nitrogens with zero attached hydrogens (tertiary/aromatic N) is 1. The van der Waals surface area contributed by atoms with Gasteiger partial charge >= 0.3 is 0 Å². The van der Waals surface area contributed by atoms with Gasteiger partial charge in [-0.1, -0.05) is 42.5 Å². The molecule has 3 aromatic rings. The molecule has 150 valence electrons. The normalized spacial score (nSPS) is 10.9. The minimum absolute atomic E-state index is 0.120. The number of hydrogen-bond donors (Lipinski definition) is 1. The zero-order valence-corrected chi connectivity index (χ0v) is 16.8. The monoisotopic (exact) mass is 410 g/mol. The summed E-state index contributed by atoms with van der Waals surface area (Å²) in [6, 6.07) is 23.6. The molecule has 6 nitrogen and oxygen atoms in total. The van der Waals surface area contributed by atoms with Crippen LogP contribution in [0.3, 0.4) is 0 Å². The van der Waals surface area contributed by atoms with Crippen molar-refractivity contribution in [2.45, 2.75) is 11.8 Å². The summed E-state index contributed by atoms with van der Waals surface area (Å²) in [5, 5.41) is 2.74. The highest BCUT2D eigenvalue weighted by atomic mass is 32.2. The van der Waals surface area contributed by atoms with Gasteiger partial charge in [-0.05, 0) is 43.3 Å². The first-order valence-electron chi connectivity index (χ1n) is 9.16. The zero-order valence-electron chi connectivity index (χ0n) is 16.0. The number of sulfonamides is 1. The molecular formula is C22H22N2O4S. The Hall–Kier alpha value is -3.32. The van der Waals surface area contributed by atoms with E-state index in [1.807, 2.05) is 6.92 Å². The van der Waals surface area contributed by atoms with Crippen LogP contribution in [0.25, 0.3) is 0 Å². The van der Waals surface area contributed by atoms with Gasteiger partial charge in [-0.25, -0.2) is 8.42 Å². The van der Waals surface area contributed by atoms with Crippen LogP contribution in [-0.4, -0.2) is 27.5 Å². The van der Waals surface area contributed by atoms with Gasteiger partial charge in [-0.3, -0.25) is 9.10 Å². The molecule has 0 aliphatic heterocycles. The highest BCUT2D eigenvalue weighted by Crippen LogP contribution is 2.24. The SMILES string of the molecule is CCOc1cccc(NC(=O)CN(c2ccccc2)S(=O)(=O)c2ccccc2)c1. The Morgan fingerprint density at radius 2 is 1.59 bits per heavy atom. The van der Waals surface area contributed by atoms with Crippen LogP contribution < -0.4 is 14.4 Å². The first-order valence-corrected chi connectivity index (χ1v) is 10.6. The van der Waals surface area contributed by atoms with Crippen molar-refractivity contribution < 1.29 is 17.9 Å². The lowest BCUT2D eigenvalue weighted by Crippen LogP contribution is -2.38. The van der Waals surface area contributed by atoms with Gasteiger partial charge < -0.3 is 10.1 Å². The second-order valence-corrected chi connectivity index (χ2v) is 8.03. The highest BCUT2D eigenvalue weighted by Gasteiger charge is 2.27. The molecule has 0 aliphatic rings. The third-order valence-corrected chi connectivity index (χ3v) is 5.88. The Labute approximate surface area is 170 Å². The van der Waals surface area contributed by atoms with Crippen LogP contribution in [0.5, 0.6) is 5.75 Å². The van der Waals surface area contributed by atoms with Gasteiger partial charge in [0.1, 0.15) is 12.3 Å². The molecule has 7 heteroatoms. The summed E-state index contributed by atoms with van der Waals surface area (Å²) >= 11 is 0. The van der Waals surface area contributed by atoms with Crippen LogP contribution in [-0.2, 0) is 14.8 Å². The second-order valence-electron chi connectivity index (χ2n) is 6.17. The van der Waals surface area contributed by atoms with Crippen molar-refractivity contribution in [3.63, 3.8) is 0 Å². The molecule has 3 aromatic carbocycles. The van der Waals surface area contributed by atoms with Gasteiger partial charge in [0.05, 0.1) is 17.2 Å². The van der Waals surface area contributed by atoms with Crippen LogP contribution in [0, 0.1) is 0 Å². The summed E-state index contributed by atoms with van der Waals surface area (Å²) in [7, 11) is -3.91. The standard InChI is InChI=1S/C22H22N2O4S/c1-2-28-20-13-9-10-18(16-20)23-22(25)17-24(19-11-5-3-6-12-19)29(26,27)21-14-7-4-8-15-21/h3-16H,2,17H2,1H3,(H,23,25). The molecule has 0 saturated carbocycles. The van der Waals surface area contributed by atoms with Gasteiger partial charge in [0.25, 0.3) is 10.0 Å². The topological polar surface area (TPSA) is 75.7 Å². The van der Waals surface area contributed by atoms with E-state index in [-0.39, 0.29) is 11.4 Å². The average Bonchev–Trinajstić information content (AvgIpc) is 2.74. The molecule has 0 heterocycles. The number of carbonyl (C=O) groups excluding carboxylic acids is 1. The molecule has 1 N–H and O–H groups in total. The molecule has 1 amide bonds. The molecule has 0 radical (unpaired) electrons. The summed E-state index contributed by atoms with van der Waals surface area (Å²) in [4.78, 5) is 12.8. The van der Waals surface area contributed by atoms with Crippen molar-refractivity contribution in [3.05, 3.63) is 84.9 Å². The molecule has 0 aromatic heterocycles. The van der Waals surface area contributed by atoms with E-state index in [0.29, 0.717) is 23.7 Å². The van der Waals surface area contributed by atoms with E-state index in [9.17, 15) is 13.2 Å². The van der Waals surface area contributed by atoms with Gasteiger partial charge in [0.15, 0.2) is 0 Å². The first kappa shape index (κ1) is 20.4. The van der Waals surface area contributed by atoms with Crippen molar-refractivity contribution in [1.82, 2.24) is 0 Å². The van der Waals surface area contributed by atoms with Crippen LogP contribution >= 0.6 is 0 Å². The lowest BCUT2D eigenvalue weighted by Gasteiger charge is -2.24. The Bertz CT molecular complexity index is 1050. The molecule has 0 unspecified atom stereocenters. The highest BCUT2D eigenvalue weighted by molar-refractivity contribution is 7.92. The Balaban J connectivity index is 1.86. The molecule has 0 atom stereocenters. The van der Waals surface area contributed by atoms with Gasteiger partial charge in [-0.2, -0.15) is 0 Å². The number of hydrogen-bond acceptors (Lipinski definition) is 4. The predicted molar refractivity (Wildman–Crippen MR) is 114 cm³/mol. The van der Waals surface area contributed by atoms with E-state index >= 15 is 0 Å². The first-order chi connectivity index (χ1) is 14.0. The van der Waals surface area contributed by atoms with Gasteiger partial charge in [-0.15, -0.1) is 0 Å². The summed E-state index contributed by atoms with van der Waals surface area (Å²) in [6.45, 7) is 2.02. The minimum Gasteiger partial charge on any atom is -0.494 e. The minimum atomic E-state index is -3.91. The fourth-order valence-corrected chi connectivity index (χ4v) is 4.23. The largest absolute Gasteiger partial charge is 0.494 e. The Morgan fingerprint density at radius 1 is 0.931 bits per heavy atom. The Morgan fingerprint density at radius 3 is 2.24 bits per heavy atom. The third-order valence-electron chi connectivity index (χ3n) is 4.09. The van der Waals surface area contributed by atoms with Gasteiger partial charge in [0, 0.05) is 11.8 Å². The molecule has 0 spiro atoms. The number of benzene rings is 3. The second kappa shape index (κ2) is 9.25. The van der Waals surface area contributed by atoms with Crippen molar-refractivity contribution in [1.29, 1.82) is 0 Å². The average molecular weight is 410 g/mol. The van der Waals surface area contributed by atoms with Crippen LogP contribution in [0.15, 0.2) is 89.8 Å². The maximum atomic E-state index is 13.2. The molecule has 0 bridgehead atoms. The van der Waals surface area contributed by atoms with Crippen molar-refractivity contribution >= 4 is 27.3 Å². The van der Waals surface area contributed by atoms with Crippen molar-refractivity contribution in [3.8, 4) is 5.75 Å². The number of nitrogens with one attached hydrogen (secondary N) is 1. The van der Waals surface area contributed by atoms with Crippen LogP contribution in [0.2, 0.25) is 0 Å². The number of para-hydroxylation sites is 1. The number of ether oxygens (including phenoxy) is 1. The fraction of sp³-hybridized carbons (Fsp3) is 0.136. The smallest absolute Gasteiger partial charge is 0.264 e. The maximum Gasteiger partial charge on any atom is 0.264 e. The quantitative estimate of drug-likeness (QED) is 0.611. The van der Waals surface area contributed by atoms with Crippen molar-refractivity contribution in [2.24, 2.45) is 0 Å². The van der Waals surface area contributed by atoms with Crippen LogP contribution in [0.4, 0.5) is 11.4 Å². The molecule has 29 heavy (non-hydrogen) atoms. The lowest BCUT2D eigenvalue weighted by molar-refractivity contribution is -0.114. The van der Waals surface area contributed by atoms with E-state index < -0.39 is 15.9 Å². The predicted octanol–water partition coefficient (Wildman–Crippen LogP) is 3.92.